The molecule has 2 saturated heterocycles. The Hall–Kier alpha value is -2.23. The van der Waals surface area contributed by atoms with Gasteiger partial charge in [-0.05, 0) is 173 Å². The molecule has 8 nitrogen and oxygen atoms in total. The molecule has 0 bridgehead atoms. The standard InChI is InChI=1S/C46H71N3O5S/c1-32(2)35-17-20-46(31-47-24-8-25-48-27-29-55(53,54)30-28-48)22-21-44(6)36(40(35)46)14-15-38-43(5)23-26-49(42(3,4)37(43)18-19-45(38,44)7)39(50)16-11-33-9-12-34(13-10-33)41(51)52/h9-10,12-13,35-38,40,47H,1,8,11,14-31H2,2-7H3,(H,51,52)/t35-,36+,37-,38+,40+,43-,44+,45+,46+/m0/s1. The minimum Gasteiger partial charge on any atom is -0.478 e. The third-order valence-electron chi connectivity index (χ3n) is 17.8. The van der Waals surface area contributed by atoms with Crippen LogP contribution in [0.3, 0.4) is 0 Å². The molecule has 2 N–H and O–H groups in total. The Morgan fingerprint density at radius 3 is 2.25 bits per heavy atom. The molecule has 0 unspecified atom stereocenters. The van der Waals surface area contributed by atoms with Crippen molar-refractivity contribution >= 4 is 21.7 Å². The van der Waals surface area contributed by atoms with Gasteiger partial charge in [0.15, 0.2) is 9.84 Å². The summed E-state index contributed by atoms with van der Waals surface area (Å²) in [5.74, 6) is 2.97. The number of nitrogens with zero attached hydrogens (tertiary/aromatic N) is 2. The van der Waals surface area contributed by atoms with Gasteiger partial charge in [0.25, 0.3) is 0 Å². The molecular formula is C46H71N3O5S. The lowest BCUT2D eigenvalue weighted by Crippen LogP contribution is -2.70. The van der Waals surface area contributed by atoms with Crippen molar-refractivity contribution in [2.45, 2.75) is 124 Å². The van der Waals surface area contributed by atoms with Gasteiger partial charge in [-0.2, -0.15) is 0 Å². The van der Waals surface area contributed by atoms with Crippen LogP contribution in [-0.2, 0) is 21.1 Å². The van der Waals surface area contributed by atoms with Crippen molar-refractivity contribution < 1.29 is 23.1 Å². The number of nitrogens with one attached hydrogen (secondary N) is 1. The quantitative estimate of drug-likeness (QED) is 0.174. The largest absolute Gasteiger partial charge is 0.478 e. The zero-order chi connectivity index (χ0) is 39.6. The fourth-order valence-electron chi connectivity index (χ4n) is 14.7. The second-order valence-corrected chi connectivity index (χ2v) is 22.8. The summed E-state index contributed by atoms with van der Waals surface area (Å²) in [4.78, 5) is 29.8. The minimum absolute atomic E-state index is 0.186. The van der Waals surface area contributed by atoms with Gasteiger partial charge in [-0.25, -0.2) is 13.2 Å². The number of aryl methyl sites for hydroxylation is 1. The number of carboxylic acids is 1. The summed E-state index contributed by atoms with van der Waals surface area (Å²) in [5, 5.41) is 13.2. The average Bonchev–Trinajstić information content (AvgIpc) is 3.51. The van der Waals surface area contributed by atoms with E-state index in [9.17, 15) is 23.1 Å². The summed E-state index contributed by atoms with van der Waals surface area (Å²) in [7, 11) is -2.84. The molecule has 0 radical (unpaired) electrons. The number of fused-ring (bicyclic) bond motifs is 7. The summed E-state index contributed by atoms with van der Waals surface area (Å²) in [6.45, 7) is 24.9. The fraction of sp³-hybridized carbons (Fsp3) is 0.783. The molecule has 6 aliphatic rings. The van der Waals surface area contributed by atoms with Crippen LogP contribution in [0, 0.1) is 51.2 Å². The van der Waals surface area contributed by atoms with E-state index in [2.05, 4.69) is 63.2 Å². The van der Waals surface area contributed by atoms with Gasteiger partial charge in [0.05, 0.1) is 17.1 Å². The van der Waals surface area contributed by atoms with E-state index < -0.39 is 15.8 Å². The number of hydrogen-bond acceptors (Lipinski definition) is 6. The number of piperidine rings is 1. The van der Waals surface area contributed by atoms with E-state index in [4.69, 9.17) is 0 Å². The molecule has 2 heterocycles. The highest BCUT2D eigenvalue weighted by molar-refractivity contribution is 7.91. The summed E-state index contributed by atoms with van der Waals surface area (Å²) in [6.07, 6.45) is 13.4. The lowest BCUT2D eigenvalue weighted by molar-refractivity contribution is -0.240. The third-order valence-corrected chi connectivity index (χ3v) is 19.4. The third kappa shape index (κ3) is 7.06. The minimum atomic E-state index is -2.84. The topological polar surface area (TPSA) is 107 Å². The second kappa shape index (κ2) is 14.9. The molecule has 55 heavy (non-hydrogen) atoms. The van der Waals surface area contributed by atoms with Gasteiger partial charge in [-0.1, -0.05) is 45.1 Å². The first kappa shape index (κ1) is 40.9. The van der Waals surface area contributed by atoms with Crippen LogP contribution >= 0.6 is 0 Å². The smallest absolute Gasteiger partial charge is 0.335 e. The number of carbonyl (C=O) groups is 2. The first-order valence-corrected chi connectivity index (χ1v) is 23.6. The number of aromatic carboxylic acids is 1. The number of rotatable bonds is 11. The van der Waals surface area contributed by atoms with E-state index in [-0.39, 0.29) is 33.3 Å². The molecule has 4 saturated carbocycles. The van der Waals surface area contributed by atoms with Gasteiger partial charge >= 0.3 is 5.97 Å². The number of likely N-dealkylation sites (tertiary alicyclic amines) is 1. The molecular weight excluding hydrogens is 707 g/mol. The molecule has 0 spiro atoms. The molecule has 1 aromatic carbocycles. The van der Waals surface area contributed by atoms with E-state index >= 15 is 0 Å². The lowest BCUT2D eigenvalue weighted by Gasteiger charge is -2.73. The van der Waals surface area contributed by atoms with Crippen LogP contribution in [0.15, 0.2) is 36.4 Å². The Morgan fingerprint density at radius 2 is 1.58 bits per heavy atom. The van der Waals surface area contributed by atoms with Gasteiger partial charge in [-0.15, -0.1) is 0 Å². The van der Waals surface area contributed by atoms with E-state index in [0.29, 0.717) is 72.4 Å². The van der Waals surface area contributed by atoms with E-state index in [1.165, 1.54) is 56.9 Å². The molecule has 0 aromatic heterocycles. The normalized spacial score (nSPS) is 39.3. The molecule has 4 aliphatic carbocycles. The Balaban J connectivity index is 1.03. The lowest BCUT2D eigenvalue weighted by atomic mass is 9.33. The number of hydrogen-bond donors (Lipinski definition) is 2. The zero-order valence-corrected chi connectivity index (χ0v) is 35.7. The maximum absolute atomic E-state index is 14.0. The predicted molar refractivity (Wildman–Crippen MR) is 221 cm³/mol. The number of allylic oxidation sites excluding steroid dienone is 1. The van der Waals surface area contributed by atoms with Crippen LogP contribution in [0.4, 0.5) is 0 Å². The predicted octanol–water partition coefficient (Wildman–Crippen LogP) is 7.88. The highest BCUT2D eigenvalue weighted by Crippen LogP contribution is 2.76. The van der Waals surface area contributed by atoms with Crippen molar-refractivity contribution in [3.8, 4) is 0 Å². The van der Waals surface area contributed by atoms with Crippen LogP contribution < -0.4 is 5.32 Å². The van der Waals surface area contributed by atoms with Crippen molar-refractivity contribution in [2.75, 3.05) is 50.8 Å². The molecule has 6 fully saturated rings. The Labute approximate surface area is 332 Å². The molecule has 9 heteroatoms. The Bertz CT molecular complexity index is 1730. The molecule has 1 aromatic rings. The number of sulfone groups is 1. The SMILES string of the molecule is C=C(C)[C@@H]1CC[C@]2(CNCCCN3CCS(=O)(=O)CC3)CC[C@]3(C)[C@H](CC[C@@H]4[C@@]5(C)CCN(C(=O)CCc6ccc(C(=O)O)cc6)C(C)(C)[C@@H]5CC[C@]43C)[C@@H]12. The summed E-state index contributed by atoms with van der Waals surface area (Å²) in [5.41, 5.74) is 3.50. The number of amides is 1. The fourth-order valence-corrected chi connectivity index (χ4v) is 16.0. The first-order chi connectivity index (χ1) is 25.9. The highest BCUT2D eigenvalue weighted by atomic mass is 32.2. The maximum atomic E-state index is 14.0. The van der Waals surface area contributed by atoms with E-state index in [1.807, 2.05) is 12.1 Å². The van der Waals surface area contributed by atoms with Gasteiger partial charge in [0.1, 0.15) is 0 Å². The van der Waals surface area contributed by atoms with Crippen LogP contribution in [0.1, 0.15) is 128 Å². The van der Waals surface area contributed by atoms with Crippen molar-refractivity contribution in [3.63, 3.8) is 0 Å². The molecule has 9 atom stereocenters. The monoisotopic (exact) mass is 778 g/mol. The van der Waals surface area contributed by atoms with Crippen LogP contribution in [0.5, 0.6) is 0 Å². The van der Waals surface area contributed by atoms with Crippen LogP contribution in [0.2, 0.25) is 0 Å². The Kier molecular flexibility index (Phi) is 11.1. The first-order valence-electron chi connectivity index (χ1n) is 21.8. The highest BCUT2D eigenvalue weighted by Gasteiger charge is 2.70. The summed E-state index contributed by atoms with van der Waals surface area (Å²) in [6, 6.07) is 6.97. The summed E-state index contributed by atoms with van der Waals surface area (Å²) >= 11 is 0. The average molecular weight is 778 g/mol. The van der Waals surface area contributed by atoms with Crippen LogP contribution in [-0.4, -0.2) is 91.5 Å². The van der Waals surface area contributed by atoms with Gasteiger partial charge in [-0.3, -0.25) is 4.79 Å². The van der Waals surface area contributed by atoms with Crippen molar-refractivity contribution in [1.82, 2.24) is 15.1 Å². The van der Waals surface area contributed by atoms with E-state index in [0.717, 1.165) is 44.6 Å². The second-order valence-electron chi connectivity index (χ2n) is 20.5. The Morgan fingerprint density at radius 1 is 0.873 bits per heavy atom. The van der Waals surface area contributed by atoms with Crippen molar-refractivity contribution in [1.29, 1.82) is 0 Å². The molecule has 1 amide bonds. The zero-order valence-electron chi connectivity index (χ0n) is 34.9. The molecule has 7 rings (SSSR count). The van der Waals surface area contributed by atoms with Gasteiger partial charge < -0.3 is 20.2 Å². The molecule has 2 aliphatic heterocycles. The van der Waals surface area contributed by atoms with Gasteiger partial charge in [0.2, 0.25) is 5.91 Å². The number of benzene rings is 1. The van der Waals surface area contributed by atoms with Gasteiger partial charge in [0, 0.05) is 38.1 Å². The van der Waals surface area contributed by atoms with Crippen molar-refractivity contribution in [2.24, 2.45) is 51.2 Å². The van der Waals surface area contributed by atoms with Crippen molar-refractivity contribution in [3.05, 3.63) is 47.5 Å². The maximum Gasteiger partial charge on any atom is 0.335 e. The number of carbonyl (C=O) groups excluding carboxylic acids is 1. The number of carboxylic acid groups (broad SMARTS) is 1. The molecule has 306 valence electrons. The van der Waals surface area contributed by atoms with Crippen LogP contribution in [0.25, 0.3) is 0 Å². The van der Waals surface area contributed by atoms with E-state index in [1.54, 1.807) is 12.1 Å². The summed E-state index contributed by atoms with van der Waals surface area (Å²) < 4.78 is 23.8.